The van der Waals surface area contributed by atoms with Gasteiger partial charge in [-0.15, -0.1) is 0 Å². The number of nitrogens with zero attached hydrogens (tertiary/aromatic N) is 1. The highest BCUT2D eigenvalue weighted by Gasteiger charge is 2.10. The van der Waals surface area contributed by atoms with Gasteiger partial charge in [0, 0.05) is 5.56 Å². The largest absolute Gasteiger partial charge is 0.486 e. The lowest BCUT2D eigenvalue weighted by Crippen LogP contribution is -2.00. The van der Waals surface area contributed by atoms with Crippen molar-refractivity contribution in [1.82, 2.24) is 0 Å². The molecule has 0 fully saturated rings. The average molecular weight is 403 g/mol. The van der Waals surface area contributed by atoms with E-state index >= 15 is 0 Å². The van der Waals surface area contributed by atoms with E-state index in [1.54, 1.807) is 30.3 Å². The molecule has 0 unspecified atom stereocenters. The number of oxime groups is 1. The molecular formula is C14H10Br2FNO2. The SMILES string of the molecule is O/N=C\c1cc(Br)c(OCc2ccccc2F)c(Br)c1. The van der Waals surface area contributed by atoms with Gasteiger partial charge in [0.25, 0.3) is 0 Å². The average Bonchev–Trinajstić information content (AvgIpc) is 2.40. The fraction of sp³-hybridized carbons (Fsp3) is 0.0714. The van der Waals surface area contributed by atoms with Crippen LogP contribution in [0.1, 0.15) is 11.1 Å². The van der Waals surface area contributed by atoms with E-state index in [1.165, 1.54) is 12.3 Å². The Balaban J connectivity index is 2.20. The van der Waals surface area contributed by atoms with Gasteiger partial charge in [-0.2, -0.15) is 0 Å². The molecule has 0 aliphatic heterocycles. The van der Waals surface area contributed by atoms with Gasteiger partial charge >= 0.3 is 0 Å². The first-order valence-corrected chi connectivity index (χ1v) is 7.23. The molecule has 0 bridgehead atoms. The lowest BCUT2D eigenvalue weighted by atomic mass is 10.2. The Labute approximate surface area is 132 Å². The van der Waals surface area contributed by atoms with Crippen molar-refractivity contribution < 1.29 is 14.3 Å². The van der Waals surface area contributed by atoms with Crippen LogP contribution in [0.3, 0.4) is 0 Å². The minimum absolute atomic E-state index is 0.122. The predicted molar refractivity (Wildman–Crippen MR) is 82.0 cm³/mol. The lowest BCUT2D eigenvalue weighted by molar-refractivity contribution is 0.296. The van der Waals surface area contributed by atoms with Crippen LogP contribution in [-0.4, -0.2) is 11.4 Å². The summed E-state index contributed by atoms with van der Waals surface area (Å²) in [6, 6.07) is 9.93. The lowest BCUT2D eigenvalue weighted by Gasteiger charge is -2.11. The Bertz CT molecular complexity index is 624. The Morgan fingerprint density at radius 2 is 1.85 bits per heavy atom. The van der Waals surface area contributed by atoms with Crippen molar-refractivity contribution in [3.63, 3.8) is 0 Å². The van der Waals surface area contributed by atoms with Gasteiger partial charge in [-0.05, 0) is 55.6 Å². The number of rotatable bonds is 4. The normalized spacial score (nSPS) is 10.9. The van der Waals surface area contributed by atoms with Crippen molar-refractivity contribution in [2.75, 3.05) is 0 Å². The van der Waals surface area contributed by atoms with E-state index in [4.69, 9.17) is 9.94 Å². The number of hydrogen-bond acceptors (Lipinski definition) is 3. The van der Waals surface area contributed by atoms with Crippen LogP contribution in [0.25, 0.3) is 0 Å². The van der Waals surface area contributed by atoms with E-state index in [-0.39, 0.29) is 12.4 Å². The molecule has 0 saturated heterocycles. The first-order chi connectivity index (χ1) is 9.61. The second-order valence-electron chi connectivity index (χ2n) is 3.94. The Hall–Kier alpha value is -1.40. The molecule has 1 N–H and O–H groups in total. The van der Waals surface area contributed by atoms with Crippen LogP contribution in [0, 0.1) is 5.82 Å². The number of hydrogen-bond donors (Lipinski definition) is 1. The highest BCUT2D eigenvalue weighted by molar-refractivity contribution is 9.11. The molecular weight excluding hydrogens is 393 g/mol. The van der Waals surface area contributed by atoms with E-state index < -0.39 is 0 Å². The van der Waals surface area contributed by atoms with Crippen LogP contribution in [0.5, 0.6) is 5.75 Å². The molecule has 0 atom stereocenters. The zero-order valence-electron chi connectivity index (χ0n) is 10.2. The molecule has 0 heterocycles. The first-order valence-electron chi connectivity index (χ1n) is 5.64. The van der Waals surface area contributed by atoms with E-state index in [9.17, 15) is 4.39 Å². The van der Waals surface area contributed by atoms with Crippen molar-refractivity contribution in [1.29, 1.82) is 0 Å². The third kappa shape index (κ3) is 3.58. The number of benzene rings is 2. The van der Waals surface area contributed by atoms with Crippen LogP contribution in [0.4, 0.5) is 4.39 Å². The fourth-order valence-corrected chi connectivity index (χ4v) is 3.07. The summed E-state index contributed by atoms with van der Waals surface area (Å²) in [6.45, 7) is 0.122. The summed E-state index contributed by atoms with van der Waals surface area (Å²) < 4.78 is 20.5. The van der Waals surface area contributed by atoms with Crippen LogP contribution < -0.4 is 4.74 Å². The van der Waals surface area contributed by atoms with Crippen molar-refractivity contribution in [3.05, 3.63) is 62.3 Å². The van der Waals surface area contributed by atoms with E-state index in [0.29, 0.717) is 25.8 Å². The monoisotopic (exact) mass is 401 g/mol. The third-order valence-electron chi connectivity index (χ3n) is 2.56. The minimum Gasteiger partial charge on any atom is -0.486 e. The maximum atomic E-state index is 13.5. The van der Waals surface area contributed by atoms with Crippen LogP contribution in [0.15, 0.2) is 50.5 Å². The number of ether oxygens (including phenoxy) is 1. The van der Waals surface area contributed by atoms with Gasteiger partial charge in [0.2, 0.25) is 0 Å². The van der Waals surface area contributed by atoms with Gasteiger partial charge in [-0.1, -0.05) is 23.4 Å². The summed E-state index contributed by atoms with van der Waals surface area (Å²) in [4.78, 5) is 0. The Morgan fingerprint density at radius 3 is 2.45 bits per heavy atom. The quantitative estimate of drug-likeness (QED) is 0.456. The molecule has 0 amide bonds. The molecule has 2 aromatic carbocycles. The van der Waals surface area contributed by atoms with Crippen molar-refractivity contribution in [3.8, 4) is 5.75 Å². The standard InChI is InChI=1S/C14H10Br2FNO2/c15-11-5-9(7-18-19)6-12(16)14(11)20-8-10-3-1-2-4-13(10)17/h1-7,19H,8H2/b18-7-. The molecule has 2 rings (SSSR count). The molecule has 2 aromatic rings. The first kappa shape index (κ1) is 15.0. The topological polar surface area (TPSA) is 41.8 Å². The van der Waals surface area contributed by atoms with Crippen molar-refractivity contribution in [2.45, 2.75) is 6.61 Å². The van der Waals surface area contributed by atoms with Crippen molar-refractivity contribution >= 4 is 38.1 Å². The predicted octanol–water partition coefficient (Wildman–Crippen LogP) is 4.74. The number of halogens is 3. The van der Waals surface area contributed by atoms with Gasteiger partial charge < -0.3 is 9.94 Å². The molecule has 0 spiro atoms. The molecule has 0 aliphatic carbocycles. The molecule has 20 heavy (non-hydrogen) atoms. The van der Waals surface area contributed by atoms with Gasteiger partial charge in [0.05, 0.1) is 15.2 Å². The van der Waals surface area contributed by atoms with Crippen LogP contribution in [0.2, 0.25) is 0 Å². The molecule has 0 aliphatic rings. The maximum Gasteiger partial charge on any atom is 0.148 e. The summed E-state index contributed by atoms with van der Waals surface area (Å²) >= 11 is 6.74. The summed E-state index contributed by atoms with van der Waals surface area (Å²) in [7, 11) is 0. The highest BCUT2D eigenvalue weighted by Crippen LogP contribution is 2.35. The maximum absolute atomic E-state index is 13.5. The molecule has 104 valence electrons. The third-order valence-corrected chi connectivity index (χ3v) is 3.74. The second kappa shape index (κ2) is 6.85. The summed E-state index contributed by atoms with van der Waals surface area (Å²) in [5.41, 5.74) is 1.18. The molecule has 0 radical (unpaired) electrons. The smallest absolute Gasteiger partial charge is 0.148 e. The van der Waals surface area contributed by atoms with E-state index in [2.05, 4.69) is 37.0 Å². The molecule has 6 heteroatoms. The molecule has 0 aromatic heterocycles. The second-order valence-corrected chi connectivity index (χ2v) is 5.65. The summed E-state index contributed by atoms with van der Waals surface area (Å²) in [5.74, 6) is 0.257. The molecule has 3 nitrogen and oxygen atoms in total. The Morgan fingerprint density at radius 1 is 1.20 bits per heavy atom. The molecule has 0 saturated carbocycles. The highest BCUT2D eigenvalue weighted by atomic mass is 79.9. The summed E-state index contributed by atoms with van der Waals surface area (Å²) in [6.07, 6.45) is 1.30. The van der Waals surface area contributed by atoms with Crippen LogP contribution >= 0.6 is 31.9 Å². The van der Waals surface area contributed by atoms with Gasteiger partial charge in [-0.3, -0.25) is 0 Å². The van der Waals surface area contributed by atoms with Gasteiger partial charge in [0.15, 0.2) is 0 Å². The van der Waals surface area contributed by atoms with Gasteiger partial charge in [-0.25, -0.2) is 4.39 Å². The zero-order valence-corrected chi connectivity index (χ0v) is 13.4. The van der Waals surface area contributed by atoms with Crippen LogP contribution in [-0.2, 0) is 6.61 Å². The fourth-order valence-electron chi connectivity index (χ4n) is 1.62. The van der Waals surface area contributed by atoms with Crippen molar-refractivity contribution in [2.24, 2.45) is 5.16 Å². The summed E-state index contributed by atoms with van der Waals surface area (Å²) in [5, 5.41) is 11.5. The van der Waals surface area contributed by atoms with E-state index in [1.807, 2.05) is 0 Å². The van der Waals surface area contributed by atoms with E-state index in [0.717, 1.165) is 0 Å². The zero-order chi connectivity index (χ0) is 14.5. The Kier molecular flexibility index (Phi) is 5.14. The minimum atomic E-state index is -0.302. The van der Waals surface area contributed by atoms with Gasteiger partial charge in [0.1, 0.15) is 18.2 Å².